The third kappa shape index (κ3) is 2.01. The lowest BCUT2D eigenvalue weighted by atomic mass is 9.86. The zero-order valence-corrected chi connectivity index (χ0v) is 9.36. The predicted octanol–water partition coefficient (Wildman–Crippen LogP) is 2.76. The Morgan fingerprint density at radius 2 is 2.33 bits per heavy atom. The molecule has 2 aliphatic rings. The van der Waals surface area contributed by atoms with Gasteiger partial charge in [-0.1, -0.05) is 11.6 Å². The minimum absolute atomic E-state index is 0.533. The summed E-state index contributed by atoms with van der Waals surface area (Å²) >= 11 is 0. The van der Waals surface area contributed by atoms with Gasteiger partial charge in [0, 0.05) is 0 Å². The number of methoxy groups -OCH3 is 1. The molecule has 0 aromatic carbocycles. The van der Waals surface area contributed by atoms with Gasteiger partial charge in [-0.05, 0) is 43.9 Å². The van der Waals surface area contributed by atoms with Crippen LogP contribution in [0.5, 0.6) is 0 Å². The number of carbonyl (C=O) groups is 1. The van der Waals surface area contributed by atoms with Crippen LogP contribution in [-0.4, -0.2) is 19.9 Å². The Morgan fingerprint density at radius 1 is 1.53 bits per heavy atom. The van der Waals surface area contributed by atoms with E-state index in [4.69, 9.17) is 4.74 Å². The van der Waals surface area contributed by atoms with E-state index >= 15 is 0 Å². The van der Waals surface area contributed by atoms with Crippen LogP contribution in [0.4, 0.5) is 4.79 Å². The minimum Gasteiger partial charge on any atom is -0.438 e. The number of rotatable bonds is 2. The Labute approximate surface area is 90.4 Å². The molecule has 0 radical (unpaired) electrons. The van der Waals surface area contributed by atoms with E-state index in [1.807, 2.05) is 0 Å². The van der Waals surface area contributed by atoms with Gasteiger partial charge in [-0.25, -0.2) is 4.79 Å². The summed E-state index contributed by atoms with van der Waals surface area (Å²) in [4.78, 5) is 10.8. The molecule has 3 atom stereocenters. The number of carbonyl (C=O) groups excluding carboxylic acids is 1. The standard InChI is InChI=1S/C12H18O3/c1-3-8-4-10-5-9(8)6-11(10)7-15-12(13)14-2/h3,9-11H,4-7H2,1-2H3/b8-3-/t9-,10+,11?/m0/s1. The van der Waals surface area contributed by atoms with Crippen LogP contribution in [0.25, 0.3) is 0 Å². The first kappa shape index (κ1) is 10.5. The molecule has 2 saturated carbocycles. The van der Waals surface area contributed by atoms with E-state index in [-0.39, 0.29) is 0 Å². The molecule has 2 rings (SSSR count). The summed E-state index contributed by atoms with van der Waals surface area (Å²) in [7, 11) is 1.35. The van der Waals surface area contributed by atoms with Gasteiger partial charge in [0.05, 0.1) is 13.7 Å². The highest BCUT2D eigenvalue weighted by Gasteiger charge is 2.42. The quantitative estimate of drug-likeness (QED) is 0.519. The maximum Gasteiger partial charge on any atom is 0.507 e. The fraction of sp³-hybridized carbons (Fsp3) is 0.750. The van der Waals surface area contributed by atoms with Crippen molar-refractivity contribution >= 4 is 6.16 Å². The van der Waals surface area contributed by atoms with Crippen molar-refractivity contribution in [3.63, 3.8) is 0 Å². The van der Waals surface area contributed by atoms with E-state index in [1.54, 1.807) is 5.57 Å². The third-order valence-electron chi connectivity index (χ3n) is 3.82. The molecule has 15 heavy (non-hydrogen) atoms. The van der Waals surface area contributed by atoms with E-state index in [9.17, 15) is 4.79 Å². The molecule has 0 aromatic rings. The average molecular weight is 210 g/mol. The molecule has 2 bridgehead atoms. The minimum atomic E-state index is -0.552. The van der Waals surface area contributed by atoms with Gasteiger partial charge in [0.2, 0.25) is 0 Å². The maximum atomic E-state index is 10.8. The Morgan fingerprint density at radius 3 is 2.87 bits per heavy atom. The van der Waals surface area contributed by atoms with Gasteiger partial charge < -0.3 is 9.47 Å². The second-order valence-electron chi connectivity index (χ2n) is 4.52. The Hall–Kier alpha value is -0.990. The maximum absolute atomic E-state index is 10.8. The molecule has 2 fully saturated rings. The Balaban J connectivity index is 1.82. The van der Waals surface area contributed by atoms with Crippen LogP contribution >= 0.6 is 0 Å². The largest absolute Gasteiger partial charge is 0.507 e. The number of allylic oxidation sites excluding steroid dienone is 2. The molecule has 0 aromatic heterocycles. The van der Waals surface area contributed by atoms with Crippen molar-refractivity contribution in [3.8, 4) is 0 Å². The van der Waals surface area contributed by atoms with Crippen molar-refractivity contribution in [2.45, 2.75) is 26.2 Å². The second kappa shape index (κ2) is 4.25. The summed E-state index contributed by atoms with van der Waals surface area (Å²) in [5.41, 5.74) is 1.61. The molecule has 3 nitrogen and oxygen atoms in total. The van der Waals surface area contributed by atoms with Gasteiger partial charge in [-0.3, -0.25) is 0 Å². The van der Waals surface area contributed by atoms with Crippen LogP contribution in [0.3, 0.4) is 0 Å². The first-order valence-electron chi connectivity index (χ1n) is 5.60. The molecular weight excluding hydrogens is 192 g/mol. The van der Waals surface area contributed by atoms with Crippen LogP contribution < -0.4 is 0 Å². The van der Waals surface area contributed by atoms with Crippen LogP contribution in [0.2, 0.25) is 0 Å². The number of fused-ring (bicyclic) bond motifs is 2. The van der Waals surface area contributed by atoms with Crippen LogP contribution in [0.1, 0.15) is 26.2 Å². The fourth-order valence-corrected chi connectivity index (χ4v) is 3.03. The van der Waals surface area contributed by atoms with Crippen molar-refractivity contribution in [2.75, 3.05) is 13.7 Å². The molecule has 0 aliphatic heterocycles. The summed E-state index contributed by atoms with van der Waals surface area (Å²) in [6.45, 7) is 2.65. The normalized spacial score (nSPS) is 35.9. The lowest BCUT2D eigenvalue weighted by Crippen LogP contribution is -2.20. The van der Waals surface area contributed by atoms with Crippen LogP contribution in [0, 0.1) is 17.8 Å². The van der Waals surface area contributed by atoms with Gasteiger partial charge >= 0.3 is 6.16 Å². The first-order valence-corrected chi connectivity index (χ1v) is 5.60. The van der Waals surface area contributed by atoms with Crippen molar-refractivity contribution in [1.82, 2.24) is 0 Å². The summed E-state index contributed by atoms with van der Waals surface area (Å²) in [5, 5.41) is 0. The topological polar surface area (TPSA) is 35.5 Å². The molecule has 84 valence electrons. The summed E-state index contributed by atoms with van der Waals surface area (Å²) in [6, 6.07) is 0. The molecule has 0 N–H and O–H groups in total. The molecule has 0 spiro atoms. The molecule has 3 heteroatoms. The highest BCUT2D eigenvalue weighted by Crippen LogP contribution is 2.51. The van der Waals surface area contributed by atoms with Crippen molar-refractivity contribution < 1.29 is 14.3 Å². The third-order valence-corrected chi connectivity index (χ3v) is 3.82. The molecule has 0 heterocycles. The summed E-state index contributed by atoms with van der Waals surface area (Å²) in [6.07, 6.45) is 5.37. The van der Waals surface area contributed by atoms with E-state index in [2.05, 4.69) is 17.7 Å². The molecule has 0 saturated heterocycles. The molecule has 0 amide bonds. The smallest absolute Gasteiger partial charge is 0.438 e. The van der Waals surface area contributed by atoms with Gasteiger partial charge in [0.15, 0.2) is 0 Å². The highest BCUT2D eigenvalue weighted by molar-refractivity contribution is 5.59. The zero-order chi connectivity index (χ0) is 10.8. The van der Waals surface area contributed by atoms with E-state index in [0.717, 1.165) is 11.8 Å². The molecule has 2 aliphatic carbocycles. The molecule has 1 unspecified atom stereocenters. The Kier molecular flexibility index (Phi) is 2.98. The van der Waals surface area contributed by atoms with Crippen molar-refractivity contribution in [1.29, 1.82) is 0 Å². The summed E-state index contributed by atoms with van der Waals surface area (Å²) < 4.78 is 9.48. The SMILES string of the molecule is C/C=C1/C[C@@H]2C[C@H]1CC2COC(=O)OC. The van der Waals surface area contributed by atoms with E-state index < -0.39 is 6.16 Å². The van der Waals surface area contributed by atoms with Gasteiger partial charge in [0.25, 0.3) is 0 Å². The average Bonchev–Trinajstić information content (AvgIpc) is 2.84. The van der Waals surface area contributed by atoms with Gasteiger partial charge in [-0.15, -0.1) is 0 Å². The van der Waals surface area contributed by atoms with Gasteiger partial charge in [0.1, 0.15) is 0 Å². The molecular formula is C12H18O3. The summed E-state index contributed by atoms with van der Waals surface area (Å²) in [5.74, 6) is 2.04. The van der Waals surface area contributed by atoms with Crippen LogP contribution in [0.15, 0.2) is 11.6 Å². The van der Waals surface area contributed by atoms with Crippen LogP contribution in [-0.2, 0) is 9.47 Å². The number of ether oxygens (including phenoxy) is 2. The van der Waals surface area contributed by atoms with Crippen molar-refractivity contribution in [3.05, 3.63) is 11.6 Å². The monoisotopic (exact) mass is 210 g/mol. The lowest BCUT2D eigenvalue weighted by molar-refractivity contribution is 0.0532. The fourth-order valence-electron chi connectivity index (χ4n) is 3.03. The van der Waals surface area contributed by atoms with E-state index in [1.165, 1.54) is 26.4 Å². The number of hydrogen-bond acceptors (Lipinski definition) is 3. The highest BCUT2D eigenvalue weighted by atomic mass is 16.7. The first-order chi connectivity index (χ1) is 7.24. The van der Waals surface area contributed by atoms with Crippen molar-refractivity contribution in [2.24, 2.45) is 17.8 Å². The second-order valence-corrected chi connectivity index (χ2v) is 4.52. The van der Waals surface area contributed by atoms with E-state index in [0.29, 0.717) is 12.5 Å². The number of hydrogen-bond donors (Lipinski definition) is 0. The predicted molar refractivity (Wildman–Crippen MR) is 56.4 cm³/mol. The van der Waals surface area contributed by atoms with Gasteiger partial charge in [-0.2, -0.15) is 0 Å². The zero-order valence-electron chi connectivity index (χ0n) is 9.36. The Bertz CT molecular complexity index is 283. The lowest BCUT2D eigenvalue weighted by Gasteiger charge is -2.22.